The first-order chi connectivity index (χ1) is 8.65. The predicted octanol–water partition coefficient (Wildman–Crippen LogP) is 1.05. The SMILES string of the molecule is O=C(O)Cn1ccc(NC(=O)C2CCSCC2)n1. The Balaban J connectivity index is 1.90. The molecule has 0 atom stereocenters. The minimum atomic E-state index is -0.958. The number of nitrogens with zero attached hydrogens (tertiary/aromatic N) is 2. The number of thioether (sulfide) groups is 1. The van der Waals surface area contributed by atoms with Crippen LogP contribution in [0.2, 0.25) is 0 Å². The van der Waals surface area contributed by atoms with Gasteiger partial charge in [0.15, 0.2) is 5.82 Å². The molecule has 1 fully saturated rings. The third kappa shape index (κ3) is 3.49. The fourth-order valence-corrected chi connectivity index (χ4v) is 2.95. The van der Waals surface area contributed by atoms with Gasteiger partial charge in [0.1, 0.15) is 6.54 Å². The number of aliphatic carboxylic acids is 1. The number of hydrogen-bond donors (Lipinski definition) is 2. The highest BCUT2D eigenvalue weighted by Gasteiger charge is 2.21. The predicted molar refractivity (Wildman–Crippen MR) is 68.5 cm³/mol. The van der Waals surface area contributed by atoms with Crippen LogP contribution in [0.3, 0.4) is 0 Å². The zero-order chi connectivity index (χ0) is 13.0. The van der Waals surface area contributed by atoms with E-state index in [-0.39, 0.29) is 18.4 Å². The van der Waals surface area contributed by atoms with Crippen LogP contribution in [0, 0.1) is 5.92 Å². The third-order valence-electron chi connectivity index (χ3n) is 2.78. The van der Waals surface area contributed by atoms with Crippen LogP contribution in [0.25, 0.3) is 0 Å². The lowest BCUT2D eigenvalue weighted by Gasteiger charge is -2.19. The first kappa shape index (κ1) is 12.9. The highest BCUT2D eigenvalue weighted by Crippen LogP contribution is 2.23. The number of carbonyl (C=O) groups is 2. The molecular formula is C11H15N3O3S. The van der Waals surface area contributed by atoms with E-state index >= 15 is 0 Å². The molecule has 0 saturated carbocycles. The van der Waals surface area contributed by atoms with Crippen molar-refractivity contribution in [3.05, 3.63) is 12.3 Å². The maximum absolute atomic E-state index is 11.9. The Kier molecular flexibility index (Phi) is 4.24. The van der Waals surface area contributed by atoms with Gasteiger partial charge >= 0.3 is 5.97 Å². The van der Waals surface area contributed by atoms with Gasteiger partial charge in [-0.2, -0.15) is 16.9 Å². The van der Waals surface area contributed by atoms with Crippen molar-refractivity contribution in [1.29, 1.82) is 0 Å². The molecule has 0 unspecified atom stereocenters. The van der Waals surface area contributed by atoms with Crippen LogP contribution in [0.1, 0.15) is 12.8 Å². The van der Waals surface area contributed by atoms with Crippen LogP contribution in [0.15, 0.2) is 12.3 Å². The average Bonchev–Trinajstić information content (AvgIpc) is 2.76. The second kappa shape index (κ2) is 5.90. The number of nitrogens with one attached hydrogen (secondary N) is 1. The summed E-state index contributed by atoms with van der Waals surface area (Å²) >= 11 is 1.87. The standard InChI is InChI=1S/C11H15N3O3S/c15-10(16)7-14-4-1-9(13-14)12-11(17)8-2-5-18-6-3-8/h1,4,8H,2-3,5-7H2,(H,15,16)(H,12,13,17). The molecule has 2 heterocycles. The van der Waals surface area contributed by atoms with Crippen molar-refractivity contribution in [3.8, 4) is 0 Å². The first-order valence-electron chi connectivity index (χ1n) is 5.79. The summed E-state index contributed by atoms with van der Waals surface area (Å²) < 4.78 is 1.29. The highest BCUT2D eigenvalue weighted by atomic mass is 32.2. The van der Waals surface area contributed by atoms with Crippen LogP contribution >= 0.6 is 11.8 Å². The molecule has 1 aliphatic heterocycles. The molecule has 1 aromatic heterocycles. The maximum atomic E-state index is 11.9. The number of carbonyl (C=O) groups excluding carboxylic acids is 1. The smallest absolute Gasteiger partial charge is 0.325 e. The van der Waals surface area contributed by atoms with Gasteiger partial charge in [0.2, 0.25) is 5.91 Å². The lowest BCUT2D eigenvalue weighted by Crippen LogP contribution is -2.26. The van der Waals surface area contributed by atoms with Gasteiger partial charge < -0.3 is 10.4 Å². The van der Waals surface area contributed by atoms with Crippen molar-refractivity contribution >= 4 is 29.5 Å². The average molecular weight is 269 g/mol. The molecule has 2 rings (SSSR count). The van der Waals surface area contributed by atoms with Crippen molar-refractivity contribution in [2.75, 3.05) is 16.8 Å². The van der Waals surface area contributed by atoms with Crippen molar-refractivity contribution < 1.29 is 14.7 Å². The molecule has 18 heavy (non-hydrogen) atoms. The summed E-state index contributed by atoms with van der Waals surface area (Å²) in [5.41, 5.74) is 0. The maximum Gasteiger partial charge on any atom is 0.325 e. The number of anilines is 1. The van der Waals surface area contributed by atoms with Gasteiger partial charge in [-0.05, 0) is 24.3 Å². The quantitative estimate of drug-likeness (QED) is 0.853. The van der Waals surface area contributed by atoms with Gasteiger partial charge in [-0.25, -0.2) is 0 Å². The van der Waals surface area contributed by atoms with E-state index in [0.29, 0.717) is 5.82 Å². The number of hydrogen-bond acceptors (Lipinski definition) is 4. The molecule has 0 bridgehead atoms. The van der Waals surface area contributed by atoms with Crippen molar-refractivity contribution in [1.82, 2.24) is 9.78 Å². The fourth-order valence-electron chi connectivity index (χ4n) is 1.84. The molecule has 0 aromatic carbocycles. The lowest BCUT2D eigenvalue weighted by atomic mass is 10.0. The molecular weight excluding hydrogens is 254 g/mol. The lowest BCUT2D eigenvalue weighted by molar-refractivity contribution is -0.137. The Morgan fingerprint density at radius 2 is 2.22 bits per heavy atom. The fraction of sp³-hybridized carbons (Fsp3) is 0.545. The summed E-state index contributed by atoms with van der Waals surface area (Å²) in [5.74, 6) is 1.53. The largest absolute Gasteiger partial charge is 0.480 e. The second-order valence-corrected chi connectivity index (χ2v) is 5.39. The summed E-state index contributed by atoms with van der Waals surface area (Å²) in [6.45, 7) is -0.198. The van der Waals surface area contributed by atoms with Crippen LogP contribution in [0.4, 0.5) is 5.82 Å². The van der Waals surface area contributed by atoms with Gasteiger partial charge in [0.25, 0.3) is 0 Å². The molecule has 6 nitrogen and oxygen atoms in total. The van der Waals surface area contributed by atoms with Gasteiger partial charge in [0.05, 0.1) is 0 Å². The molecule has 1 aromatic rings. The second-order valence-electron chi connectivity index (χ2n) is 4.17. The van der Waals surface area contributed by atoms with E-state index in [0.717, 1.165) is 24.3 Å². The Morgan fingerprint density at radius 1 is 1.50 bits per heavy atom. The van der Waals surface area contributed by atoms with Crippen LogP contribution in [-0.2, 0) is 16.1 Å². The Bertz CT molecular complexity index is 440. The molecule has 0 spiro atoms. The molecule has 1 saturated heterocycles. The minimum Gasteiger partial charge on any atom is -0.480 e. The van der Waals surface area contributed by atoms with E-state index in [1.165, 1.54) is 4.68 Å². The number of carboxylic acid groups (broad SMARTS) is 1. The minimum absolute atomic E-state index is 0.0177. The number of amides is 1. The summed E-state index contributed by atoms with van der Waals surface area (Å²) in [6, 6.07) is 1.61. The van der Waals surface area contributed by atoms with Gasteiger partial charge in [-0.1, -0.05) is 0 Å². The summed E-state index contributed by atoms with van der Waals surface area (Å²) in [4.78, 5) is 22.4. The van der Waals surface area contributed by atoms with E-state index < -0.39 is 5.97 Å². The van der Waals surface area contributed by atoms with Crippen molar-refractivity contribution in [3.63, 3.8) is 0 Å². The van der Waals surface area contributed by atoms with Crippen LogP contribution < -0.4 is 5.32 Å². The number of aromatic nitrogens is 2. The molecule has 98 valence electrons. The molecule has 1 amide bonds. The molecule has 2 N–H and O–H groups in total. The number of rotatable bonds is 4. The van der Waals surface area contributed by atoms with Crippen LogP contribution in [-0.4, -0.2) is 38.3 Å². The Morgan fingerprint density at radius 3 is 2.89 bits per heavy atom. The molecule has 0 aliphatic carbocycles. The van der Waals surface area contributed by atoms with Crippen molar-refractivity contribution in [2.24, 2.45) is 5.92 Å². The van der Waals surface area contributed by atoms with E-state index in [1.54, 1.807) is 12.3 Å². The Labute approximate surface area is 109 Å². The van der Waals surface area contributed by atoms with E-state index in [4.69, 9.17) is 5.11 Å². The van der Waals surface area contributed by atoms with E-state index in [1.807, 2.05) is 11.8 Å². The zero-order valence-electron chi connectivity index (χ0n) is 9.83. The molecule has 7 heteroatoms. The van der Waals surface area contributed by atoms with Gasteiger partial charge in [-0.3, -0.25) is 14.3 Å². The van der Waals surface area contributed by atoms with Crippen LogP contribution in [0.5, 0.6) is 0 Å². The van der Waals surface area contributed by atoms with Crippen molar-refractivity contribution in [2.45, 2.75) is 19.4 Å². The third-order valence-corrected chi connectivity index (χ3v) is 3.83. The number of carboxylic acids is 1. The topological polar surface area (TPSA) is 84.2 Å². The first-order valence-corrected chi connectivity index (χ1v) is 6.94. The normalized spacial score (nSPS) is 16.4. The van der Waals surface area contributed by atoms with Gasteiger partial charge in [-0.15, -0.1) is 0 Å². The summed E-state index contributed by atoms with van der Waals surface area (Å²) in [7, 11) is 0. The summed E-state index contributed by atoms with van der Waals surface area (Å²) in [5, 5.41) is 15.3. The Hall–Kier alpha value is -1.50. The monoisotopic (exact) mass is 269 g/mol. The van der Waals surface area contributed by atoms with E-state index in [9.17, 15) is 9.59 Å². The highest BCUT2D eigenvalue weighted by molar-refractivity contribution is 7.99. The zero-order valence-corrected chi connectivity index (χ0v) is 10.7. The van der Waals surface area contributed by atoms with E-state index in [2.05, 4.69) is 10.4 Å². The molecule has 1 aliphatic rings. The summed E-state index contributed by atoms with van der Waals surface area (Å²) in [6.07, 6.45) is 3.33. The molecule has 0 radical (unpaired) electrons. The van der Waals surface area contributed by atoms with Gasteiger partial charge in [0, 0.05) is 18.2 Å².